The summed E-state index contributed by atoms with van der Waals surface area (Å²) in [7, 11) is 1.53. The largest absolute Gasteiger partial charge is 0.497 e. The number of methoxy groups -OCH3 is 1. The average Bonchev–Trinajstić information content (AvgIpc) is 3.65. The van der Waals surface area contributed by atoms with Gasteiger partial charge in [-0.25, -0.2) is 0 Å². The molecule has 0 amide bonds. The number of benzene rings is 4. The second kappa shape index (κ2) is 23.6. The predicted molar refractivity (Wildman–Crippen MR) is 229 cm³/mol. The van der Waals surface area contributed by atoms with Gasteiger partial charge in [-0.1, -0.05) is 106 Å². The third-order valence-corrected chi connectivity index (χ3v) is 8.92. The maximum Gasteiger partial charge on any atom is 0.122 e. The van der Waals surface area contributed by atoms with E-state index in [4.69, 9.17) is 101 Å². The van der Waals surface area contributed by atoms with Crippen LogP contribution in [-0.4, -0.2) is 69.3 Å². The lowest BCUT2D eigenvalue weighted by Crippen LogP contribution is -2.13. The van der Waals surface area contributed by atoms with Crippen LogP contribution in [0.1, 0.15) is 35.1 Å². The Morgan fingerprint density at radius 2 is 1.17 bits per heavy atom. The number of rotatable bonds is 13. The predicted octanol–water partition coefficient (Wildman–Crippen LogP) is 9.93. The van der Waals surface area contributed by atoms with Gasteiger partial charge in [0.05, 0.1) is 56.9 Å². The molecule has 4 aromatic carbocycles. The molecule has 0 aromatic heterocycles. The van der Waals surface area contributed by atoms with Gasteiger partial charge in [0.1, 0.15) is 29.8 Å². The Kier molecular flexibility index (Phi) is 19.3. The highest BCUT2D eigenvalue weighted by Crippen LogP contribution is 2.30. The third kappa shape index (κ3) is 15.7. The van der Waals surface area contributed by atoms with Gasteiger partial charge in [0, 0.05) is 47.6 Å². The summed E-state index contributed by atoms with van der Waals surface area (Å²) in [5.74, 6) is 1.13. The molecule has 4 aromatic rings. The highest BCUT2D eigenvalue weighted by Gasteiger charge is 2.09. The first-order chi connectivity index (χ1) is 25.9. The molecule has 0 saturated carbocycles. The van der Waals surface area contributed by atoms with Crippen LogP contribution in [0.5, 0.6) is 11.5 Å². The van der Waals surface area contributed by atoms with E-state index in [9.17, 15) is 0 Å². The Bertz CT molecular complexity index is 1940. The summed E-state index contributed by atoms with van der Waals surface area (Å²) >= 11 is 36.4. The van der Waals surface area contributed by atoms with E-state index in [0.29, 0.717) is 65.9 Å². The van der Waals surface area contributed by atoms with Crippen molar-refractivity contribution in [1.82, 2.24) is 0 Å². The summed E-state index contributed by atoms with van der Waals surface area (Å²) in [4.78, 5) is 16.6. The van der Waals surface area contributed by atoms with Crippen molar-refractivity contribution < 1.29 is 9.47 Å². The minimum absolute atomic E-state index is 0.0167. The van der Waals surface area contributed by atoms with Crippen molar-refractivity contribution in [2.75, 3.05) is 33.3 Å². The van der Waals surface area contributed by atoms with Crippen molar-refractivity contribution in [2.45, 2.75) is 19.4 Å². The molecule has 10 nitrogen and oxygen atoms in total. The Balaban J connectivity index is 0.000000222. The summed E-state index contributed by atoms with van der Waals surface area (Å²) < 4.78 is 10.7. The van der Waals surface area contributed by atoms with Gasteiger partial charge in [-0.2, -0.15) is 0 Å². The van der Waals surface area contributed by atoms with Crippen molar-refractivity contribution in [3.8, 4) is 11.5 Å². The molecule has 16 heteroatoms. The molecule has 284 valence electrons. The van der Waals surface area contributed by atoms with Crippen LogP contribution in [0.15, 0.2) is 92.8 Å². The van der Waals surface area contributed by atoms with Gasteiger partial charge in [0.2, 0.25) is 0 Å². The maximum absolute atomic E-state index is 7.12. The summed E-state index contributed by atoms with van der Waals surface area (Å²) in [6, 6.07) is 21.9. The molecule has 54 heavy (non-hydrogen) atoms. The van der Waals surface area contributed by atoms with Gasteiger partial charge in [0.25, 0.3) is 0 Å². The van der Waals surface area contributed by atoms with Gasteiger partial charge >= 0.3 is 0 Å². The highest BCUT2D eigenvalue weighted by molar-refractivity contribution is 6.40. The molecular weight excluding hydrogens is 813 g/mol. The summed E-state index contributed by atoms with van der Waals surface area (Å²) in [5.41, 5.74) is 14.6. The van der Waals surface area contributed by atoms with Gasteiger partial charge < -0.3 is 20.9 Å². The molecule has 1 aliphatic rings. The minimum atomic E-state index is -0.0219. The second-order valence-electron chi connectivity index (χ2n) is 11.2. The Labute approximate surface area is 344 Å². The van der Waals surface area contributed by atoms with Crippen molar-refractivity contribution in [3.63, 3.8) is 0 Å². The molecule has 0 bridgehead atoms. The lowest BCUT2D eigenvalue weighted by molar-refractivity contribution is 0.306. The number of hydrogen-bond acceptors (Lipinski definition) is 8. The zero-order valence-corrected chi connectivity index (χ0v) is 33.7. The number of halogens is 6. The lowest BCUT2D eigenvalue weighted by atomic mass is 10.2. The monoisotopic (exact) mass is 848 g/mol. The Morgan fingerprint density at radius 1 is 0.685 bits per heavy atom. The van der Waals surface area contributed by atoms with Crippen LogP contribution in [0.4, 0.5) is 0 Å². The summed E-state index contributed by atoms with van der Waals surface area (Å²) in [6.45, 7) is 2.27. The third-order valence-electron chi connectivity index (χ3n) is 7.01. The number of ether oxygens (including phenoxy) is 2. The topological polar surface area (TPSA) is 168 Å². The van der Waals surface area contributed by atoms with E-state index in [-0.39, 0.29) is 24.8 Å². The van der Waals surface area contributed by atoms with Crippen molar-refractivity contribution in [2.24, 2.45) is 31.4 Å². The average molecular weight is 851 g/mol. The molecule has 1 aliphatic heterocycles. The second-order valence-corrected chi connectivity index (χ2v) is 13.7. The lowest BCUT2D eigenvalue weighted by Gasteiger charge is -2.09. The van der Waals surface area contributed by atoms with E-state index in [1.54, 1.807) is 30.5 Å². The molecule has 1 heterocycles. The number of amidine groups is 2. The van der Waals surface area contributed by atoms with Crippen LogP contribution in [0.2, 0.25) is 30.1 Å². The molecular formula is C38H38Cl6N8O2. The van der Waals surface area contributed by atoms with Crippen LogP contribution in [-0.2, 0) is 6.61 Å². The van der Waals surface area contributed by atoms with Crippen molar-refractivity contribution in [1.29, 1.82) is 10.8 Å². The SMILES string of the molecule is COc1cc(Cl)c(C=NCC(=N)N)c(Cl)c1.Clc1cccc(Cl)c1C=NCC1=NCCC1.N=C(N)CN=Cc1c(Cl)cc(OCc2ccccc2)cc1Cl. The molecule has 0 aliphatic carbocycles. The molecule has 0 fully saturated rings. The van der Waals surface area contributed by atoms with E-state index in [1.165, 1.54) is 25.3 Å². The number of hydrogen-bond donors (Lipinski definition) is 4. The standard InChI is InChI=1S/C16H15Cl2N3O.C12H12Cl2N2.C10H11Cl2N3O/c17-14-6-12(22-10-11-4-2-1-3-5-11)7-15(18)13(14)8-21-9-16(19)20;13-11-4-1-5-12(14)10(11)8-15-7-9-3-2-6-16-9;1-16-6-2-8(11)7(9(12)3-6)4-15-5-10(13)14/h1-8H,9-10H2,(H3,19,20);1,4-5,8H,2-3,6-7H2;2-4H,5H2,1H3,(H3,13,14). The van der Waals surface area contributed by atoms with E-state index < -0.39 is 0 Å². The summed E-state index contributed by atoms with van der Waals surface area (Å²) in [6.07, 6.45) is 6.94. The van der Waals surface area contributed by atoms with Crippen LogP contribution < -0.4 is 20.9 Å². The molecule has 0 radical (unpaired) electrons. The fourth-order valence-electron chi connectivity index (χ4n) is 4.39. The molecule has 6 N–H and O–H groups in total. The molecule has 0 saturated heterocycles. The fourth-order valence-corrected chi connectivity index (χ4v) is 6.01. The zero-order valence-electron chi connectivity index (χ0n) is 29.1. The number of nitrogens with two attached hydrogens (primary N) is 2. The van der Waals surface area contributed by atoms with Crippen LogP contribution in [0, 0.1) is 10.8 Å². The van der Waals surface area contributed by atoms with E-state index >= 15 is 0 Å². The Hall–Kier alpha value is -4.16. The quantitative estimate of drug-likeness (QED) is 0.0777. The zero-order chi connectivity index (χ0) is 39.5. The smallest absolute Gasteiger partial charge is 0.122 e. The first kappa shape index (κ1) is 44.2. The number of nitrogens with zero attached hydrogens (tertiary/aromatic N) is 4. The van der Waals surface area contributed by atoms with Gasteiger partial charge in [-0.3, -0.25) is 30.8 Å². The van der Waals surface area contributed by atoms with Crippen LogP contribution in [0.25, 0.3) is 0 Å². The molecule has 0 unspecified atom stereocenters. The van der Waals surface area contributed by atoms with E-state index in [1.807, 2.05) is 48.5 Å². The van der Waals surface area contributed by atoms with Gasteiger partial charge in [0.15, 0.2) is 0 Å². The van der Waals surface area contributed by atoms with Gasteiger partial charge in [-0.15, -0.1) is 0 Å². The molecule has 0 spiro atoms. The van der Waals surface area contributed by atoms with Crippen molar-refractivity contribution >= 4 is 106 Å². The fraction of sp³-hybridized carbons (Fsp3) is 0.211. The maximum atomic E-state index is 7.12. The van der Waals surface area contributed by atoms with Crippen molar-refractivity contribution in [3.05, 3.63) is 125 Å². The van der Waals surface area contributed by atoms with E-state index in [0.717, 1.165) is 30.5 Å². The van der Waals surface area contributed by atoms with Gasteiger partial charge in [-0.05, 0) is 54.8 Å². The van der Waals surface area contributed by atoms with E-state index in [2.05, 4.69) is 20.0 Å². The molecule has 0 atom stereocenters. The first-order valence-corrected chi connectivity index (χ1v) is 18.4. The number of nitrogens with one attached hydrogen (secondary N) is 2. The Morgan fingerprint density at radius 3 is 1.63 bits per heavy atom. The summed E-state index contributed by atoms with van der Waals surface area (Å²) in [5, 5.41) is 17.1. The minimum Gasteiger partial charge on any atom is -0.497 e. The van der Waals surface area contributed by atoms with Crippen LogP contribution in [0.3, 0.4) is 0 Å². The normalized spacial score (nSPS) is 12.2. The number of aliphatic imine (C=N–C) groups is 4. The first-order valence-electron chi connectivity index (χ1n) is 16.2. The molecule has 5 rings (SSSR count). The van der Waals surface area contributed by atoms with Crippen LogP contribution >= 0.6 is 69.6 Å². The highest BCUT2D eigenvalue weighted by atomic mass is 35.5.